The molecule has 2 heteroatoms. The Hall–Kier alpha value is -1.57. The van der Waals surface area contributed by atoms with Gasteiger partial charge in [-0.2, -0.15) is 0 Å². The van der Waals surface area contributed by atoms with Crippen LogP contribution in [0, 0.1) is 0 Å². The summed E-state index contributed by atoms with van der Waals surface area (Å²) in [5, 5.41) is 0. The van der Waals surface area contributed by atoms with E-state index in [0.29, 0.717) is 6.42 Å². The molecule has 0 saturated heterocycles. The van der Waals surface area contributed by atoms with Gasteiger partial charge in [-0.1, -0.05) is 24.3 Å². The average Bonchev–Trinajstić information content (AvgIpc) is 2.26. The van der Waals surface area contributed by atoms with E-state index >= 15 is 0 Å². The van der Waals surface area contributed by atoms with Crippen molar-refractivity contribution in [2.24, 2.45) is 0 Å². The third-order valence-corrected chi connectivity index (χ3v) is 2.08. The summed E-state index contributed by atoms with van der Waals surface area (Å²) in [5.41, 5.74) is 0.932. The molecule has 0 aromatic heterocycles. The molecule has 1 amide bonds. The van der Waals surface area contributed by atoms with Crippen molar-refractivity contribution in [2.75, 3.05) is 11.9 Å². The second-order valence-electron chi connectivity index (χ2n) is 3.12. The Labute approximate surface area is 84.9 Å². The molecule has 0 N–H and O–H groups in total. The number of anilines is 1. The van der Waals surface area contributed by atoms with E-state index in [0.717, 1.165) is 12.1 Å². The van der Waals surface area contributed by atoms with Crippen molar-refractivity contribution in [1.82, 2.24) is 0 Å². The number of amides is 1. The molecular formula is C12H15NO. The van der Waals surface area contributed by atoms with Crippen molar-refractivity contribution < 1.29 is 4.79 Å². The summed E-state index contributed by atoms with van der Waals surface area (Å²) in [6.45, 7) is 3.59. The van der Waals surface area contributed by atoms with Crippen LogP contribution in [0.5, 0.6) is 0 Å². The SMILES string of the molecule is C=CCCC(=O)N(C)c1ccccc1. The first kappa shape index (κ1) is 10.5. The highest BCUT2D eigenvalue weighted by molar-refractivity contribution is 5.92. The van der Waals surface area contributed by atoms with Crippen molar-refractivity contribution in [3.05, 3.63) is 43.0 Å². The zero-order chi connectivity index (χ0) is 10.4. The molecule has 0 aliphatic carbocycles. The van der Waals surface area contributed by atoms with Crippen molar-refractivity contribution in [1.29, 1.82) is 0 Å². The van der Waals surface area contributed by atoms with Gasteiger partial charge < -0.3 is 4.90 Å². The minimum absolute atomic E-state index is 0.121. The first-order valence-corrected chi connectivity index (χ1v) is 4.68. The predicted molar refractivity (Wildman–Crippen MR) is 59.3 cm³/mol. The van der Waals surface area contributed by atoms with Gasteiger partial charge in [0.05, 0.1) is 0 Å². The van der Waals surface area contributed by atoms with Crippen LogP contribution < -0.4 is 4.90 Å². The fraction of sp³-hybridized carbons (Fsp3) is 0.250. The van der Waals surface area contributed by atoms with E-state index < -0.39 is 0 Å². The number of allylic oxidation sites excluding steroid dienone is 1. The topological polar surface area (TPSA) is 20.3 Å². The Bertz CT molecular complexity index is 305. The second-order valence-corrected chi connectivity index (χ2v) is 3.12. The van der Waals surface area contributed by atoms with E-state index in [1.54, 1.807) is 18.0 Å². The normalized spacial score (nSPS) is 9.50. The summed E-state index contributed by atoms with van der Waals surface area (Å²) < 4.78 is 0. The zero-order valence-corrected chi connectivity index (χ0v) is 8.44. The van der Waals surface area contributed by atoms with E-state index in [-0.39, 0.29) is 5.91 Å². The van der Waals surface area contributed by atoms with Crippen molar-refractivity contribution in [3.8, 4) is 0 Å². The first-order chi connectivity index (χ1) is 6.75. The van der Waals surface area contributed by atoms with Gasteiger partial charge in [0.15, 0.2) is 0 Å². The monoisotopic (exact) mass is 189 g/mol. The molecule has 1 aromatic rings. The highest BCUT2D eigenvalue weighted by Crippen LogP contribution is 2.12. The van der Waals surface area contributed by atoms with Crippen LogP contribution in [0.15, 0.2) is 43.0 Å². The number of rotatable bonds is 4. The van der Waals surface area contributed by atoms with Gasteiger partial charge in [0, 0.05) is 19.2 Å². The summed E-state index contributed by atoms with van der Waals surface area (Å²) in [6, 6.07) is 9.63. The predicted octanol–water partition coefficient (Wildman–Crippen LogP) is 2.62. The molecular weight excluding hydrogens is 174 g/mol. The molecule has 74 valence electrons. The third-order valence-electron chi connectivity index (χ3n) is 2.08. The molecule has 1 aromatic carbocycles. The second kappa shape index (κ2) is 5.22. The first-order valence-electron chi connectivity index (χ1n) is 4.68. The highest BCUT2D eigenvalue weighted by atomic mass is 16.2. The van der Waals surface area contributed by atoms with E-state index in [1.165, 1.54) is 0 Å². The number of nitrogens with zero attached hydrogens (tertiary/aromatic N) is 1. The lowest BCUT2D eigenvalue weighted by Crippen LogP contribution is -2.25. The Morgan fingerprint density at radius 2 is 2.07 bits per heavy atom. The lowest BCUT2D eigenvalue weighted by atomic mass is 10.2. The Morgan fingerprint density at radius 3 is 2.64 bits per heavy atom. The molecule has 0 heterocycles. The number of carbonyl (C=O) groups excluding carboxylic acids is 1. The smallest absolute Gasteiger partial charge is 0.227 e. The van der Waals surface area contributed by atoms with Crippen molar-refractivity contribution >= 4 is 11.6 Å². The lowest BCUT2D eigenvalue weighted by molar-refractivity contribution is -0.118. The molecule has 0 saturated carbocycles. The van der Waals surface area contributed by atoms with E-state index in [9.17, 15) is 4.79 Å². The van der Waals surface area contributed by atoms with E-state index in [2.05, 4.69) is 6.58 Å². The maximum absolute atomic E-state index is 11.6. The molecule has 0 aliphatic heterocycles. The molecule has 1 rings (SSSR count). The number of para-hydroxylation sites is 1. The van der Waals surface area contributed by atoms with Crippen LogP contribution >= 0.6 is 0 Å². The van der Waals surface area contributed by atoms with Crippen LogP contribution in [0.3, 0.4) is 0 Å². The van der Waals surface area contributed by atoms with E-state index in [1.807, 2.05) is 30.3 Å². The number of hydrogen-bond acceptors (Lipinski definition) is 1. The fourth-order valence-corrected chi connectivity index (χ4v) is 1.19. The molecule has 14 heavy (non-hydrogen) atoms. The minimum atomic E-state index is 0.121. The number of carbonyl (C=O) groups is 1. The molecule has 0 fully saturated rings. The van der Waals surface area contributed by atoms with Gasteiger partial charge in [0.2, 0.25) is 5.91 Å². The lowest BCUT2D eigenvalue weighted by Gasteiger charge is -2.16. The Kier molecular flexibility index (Phi) is 3.92. The van der Waals surface area contributed by atoms with Crippen molar-refractivity contribution in [3.63, 3.8) is 0 Å². The van der Waals surface area contributed by atoms with Gasteiger partial charge in [-0.25, -0.2) is 0 Å². The highest BCUT2D eigenvalue weighted by Gasteiger charge is 2.08. The van der Waals surface area contributed by atoms with Gasteiger partial charge in [-0.05, 0) is 18.6 Å². The third kappa shape index (κ3) is 2.73. The molecule has 0 radical (unpaired) electrons. The van der Waals surface area contributed by atoms with Gasteiger partial charge in [0.1, 0.15) is 0 Å². The largest absolute Gasteiger partial charge is 0.315 e. The zero-order valence-electron chi connectivity index (χ0n) is 8.44. The van der Waals surface area contributed by atoms with Crippen LogP contribution in [-0.2, 0) is 4.79 Å². The van der Waals surface area contributed by atoms with Crippen molar-refractivity contribution in [2.45, 2.75) is 12.8 Å². The Morgan fingerprint density at radius 1 is 1.43 bits per heavy atom. The summed E-state index contributed by atoms with van der Waals surface area (Å²) >= 11 is 0. The van der Waals surface area contributed by atoms with Gasteiger partial charge >= 0.3 is 0 Å². The quantitative estimate of drug-likeness (QED) is 0.667. The van der Waals surface area contributed by atoms with Crippen LogP contribution in [0.25, 0.3) is 0 Å². The molecule has 0 atom stereocenters. The minimum Gasteiger partial charge on any atom is -0.315 e. The molecule has 2 nitrogen and oxygen atoms in total. The standard InChI is InChI=1S/C12H15NO/c1-3-4-10-12(14)13(2)11-8-6-5-7-9-11/h3,5-9H,1,4,10H2,2H3. The maximum Gasteiger partial charge on any atom is 0.227 e. The summed E-state index contributed by atoms with van der Waals surface area (Å²) in [7, 11) is 1.79. The number of hydrogen-bond donors (Lipinski definition) is 0. The van der Waals surface area contributed by atoms with E-state index in [4.69, 9.17) is 0 Å². The molecule has 0 bridgehead atoms. The van der Waals surface area contributed by atoms with Gasteiger partial charge in [-0.3, -0.25) is 4.79 Å². The molecule has 0 spiro atoms. The Balaban J connectivity index is 2.61. The van der Waals surface area contributed by atoms with Crippen LogP contribution in [0.4, 0.5) is 5.69 Å². The maximum atomic E-state index is 11.6. The van der Waals surface area contributed by atoms with Crippen LogP contribution in [0.2, 0.25) is 0 Å². The summed E-state index contributed by atoms with van der Waals surface area (Å²) in [5.74, 6) is 0.121. The van der Waals surface area contributed by atoms with Gasteiger partial charge in [0.25, 0.3) is 0 Å². The van der Waals surface area contributed by atoms with Crippen LogP contribution in [-0.4, -0.2) is 13.0 Å². The fourth-order valence-electron chi connectivity index (χ4n) is 1.19. The average molecular weight is 189 g/mol. The molecule has 0 aliphatic rings. The molecule has 0 unspecified atom stereocenters. The van der Waals surface area contributed by atoms with Crippen LogP contribution in [0.1, 0.15) is 12.8 Å². The summed E-state index contributed by atoms with van der Waals surface area (Å²) in [4.78, 5) is 13.3. The number of benzene rings is 1. The summed E-state index contributed by atoms with van der Waals surface area (Å²) in [6.07, 6.45) is 3.02. The van der Waals surface area contributed by atoms with Gasteiger partial charge in [-0.15, -0.1) is 6.58 Å².